The Balaban J connectivity index is 1.24. The van der Waals surface area contributed by atoms with Crippen LogP contribution in [0.5, 0.6) is 0 Å². The summed E-state index contributed by atoms with van der Waals surface area (Å²) in [6.07, 6.45) is 0. The Bertz CT molecular complexity index is 3100. The Morgan fingerprint density at radius 2 is 0.648 bits per heavy atom. The first kappa shape index (κ1) is 29.3. The summed E-state index contributed by atoms with van der Waals surface area (Å²) in [6.45, 7) is 0. The Morgan fingerprint density at radius 1 is 0.315 bits per heavy atom. The summed E-state index contributed by atoms with van der Waals surface area (Å²) in [5, 5.41) is 7.90. The summed E-state index contributed by atoms with van der Waals surface area (Å²) in [5.41, 5.74) is 12.6. The van der Waals surface area contributed by atoms with Crippen LogP contribution < -0.4 is 0 Å². The van der Waals surface area contributed by atoms with Crippen LogP contribution in [-0.2, 0) is 0 Å². The molecule has 252 valence electrons. The molecule has 4 aromatic heterocycles. The fourth-order valence-corrected chi connectivity index (χ4v) is 8.82. The largest absolute Gasteiger partial charge is 0.424 e. The third-order valence-electron chi connectivity index (χ3n) is 11.1. The maximum Gasteiger partial charge on any atom is 0.299 e. The average Bonchev–Trinajstić information content (AvgIpc) is 3.98. The lowest BCUT2D eigenvalue weighted by Crippen LogP contribution is -1.95. The molecule has 0 aliphatic heterocycles. The van der Waals surface area contributed by atoms with E-state index in [4.69, 9.17) is 8.83 Å². The van der Waals surface area contributed by atoms with Gasteiger partial charge in [0, 0.05) is 54.8 Å². The van der Waals surface area contributed by atoms with Crippen LogP contribution in [0.1, 0.15) is 0 Å². The molecule has 0 fully saturated rings. The van der Waals surface area contributed by atoms with Crippen LogP contribution in [0.3, 0.4) is 0 Å². The third kappa shape index (κ3) is 4.08. The van der Waals surface area contributed by atoms with Gasteiger partial charge in [0.2, 0.25) is 0 Å². The lowest BCUT2D eigenvalue weighted by molar-refractivity contribution is 0.525. The number of furan rings is 2. The standard InChI is InChI=1S/C50H30N2O2/c1-3-15-31(16-4-1)39-27-33(51-43-23-11-7-19-35(43)36-20-8-12-24-44(36)51)29-41-47-42-30-34(52-45-25-13-9-21-37(45)38-22-10-14-26-46(38)52)28-40(32-17-5-2-6-18-32)49(42)54-50(47)53-48(39)41/h1-30H. The van der Waals surface area contributed by atoms with Crippen molar-refractivity contribution in [1.82, 2.24) is 9.13 Å². The SMILES string of the molecule is c1ccc(-c2cc(-n3c4ccccc4c4ccccc43)cc3c2oc2oc4c(-c5ccccc5)cc(-n5c6ccccc6c6ccccc65)cc4c23)cc1. The molecule has 4 heterocycles. The van der Waals surface area contributed by atoms with E-state index in [0.717, 1.165) is 83.0 Å². The second kappa shape index (κ2) is 11.1. The molecule has 0 spiro atoms. The lowest BCUT2D eigenvalue weighted by atomic mass is 9.98. The molecule has 8 aromatic carbocycles. The number of benzene rings is 8. The van der Waals surface area contributed by atoms with E-state index >= 15 is 0 Å². The predicted molar refractivity (Wildman–Crippen MR) is 223 cm³/mol. The summed E-state index contributed by atoms with van der Waals surface area (Å²) < 4.78 is 18.5. The number of para-hydroxylation sites is 4. The van der Waals surface area contributed by atoms with Gasteiger partial charge in [-0.1, -0.05) is 133 Å². The quantitative estimate of drug-likeness (QED) is 0.184. The van der Waals surface area contributed by atoms with Crippen LogP contribution in [-0.4, -0.2) is 9.13 Å². The minimum absolute atomic E-state index is 0.521. The summed E-state index contributed by atoms with van der Waals surface area (Å²) in [4.78, 5) is 0. The highest BCUT2D eigenvalue weighted by Crippen LogP contribution is 2.47. The molecule has 4 nitrogen and oxygen atoms in total. The second-order valence-corrected chi connectivity index (χ2v) is 14.1. The summed E-state index contributed by atoms with van der Waals surface area (Å²) in [5.74, 6) is 0.521. The first-order chi connectivity index (χ1) is 26.8. The molecule has 12 aromatic rings. The third-order valence-corrected chi connectivity index (χ3v) is 11.1. The van der Waals surface area contributed by atoms with Gasteiger partial charge in [-0.05, 0) is 59.7 Å². The van der Waals surface area contributed by atoms with Crippen molar-refractivity contribution in [3.63, 3.8) is 0 Å². The normalized spacial score (nSPS) is 12.1. The van der Waals surface area contributed by atoms with Crippen LogP contribution >= 0.6 is 0 Å². The van der Waals surface area contributed by atoms with Gasteiger partial charge < -0.3 is 18.0 Å². The average molecular weight is 691 g/mol. The van der Waals surface area contributed by atoms with E-state index in [0.29, 0.717) is 5.78 Å². The molecule has 0 amide bonds. The lowest BCUT2D eigenvalue weighted by Gasteiger charge is -2.13. The summed E-state index contributed by atoms with van der Waals surface area (Å²) in [6, 6.07) is 64.8. The molecule has 0 N–H and O–H groups in total. The monoisotopic (exact) mass is 690 g/mol. The van der Waals surface area contributed by atoms with Crippen LogP contribution in [0.2, 0.25) is 0 Å². The van der Waals surface area contributed by atoms with Crippen molar-refractivity contribution in [1.29, 1.82) is 0 Å². The Kier molecular flexibility index (Phi) is 6.02. The van der Waals surface area contributed by atoms with Gasteiger partial charge in [0.1, 0.15) is 11.2 Å². The van der Waals surface area contributed by atoms with Gasteiger partial charge in [0.05, 0.1) is 27.5 Å². The molecule has 0 bridgehead atoms. The minimum Gasteiger partial charge on any atom is -0.424 e. The zero-order chi connectivity index (χ0) is 35.3. The zero-order valence-corrected chi connectivity index (χ0v) is 29.0. The highest BCUT2D eigenvalue weighted by molar-refractivity contribution is 6.23. The number of nitrogens with zero attached hydrogens (tertiary/aromatic N) is 2. The summed E-state index contributed by atoms with van der Waals surface area (Å²) >= 11 is 0. The van der Waals surface area contributed by atoms with Crippen molar-refractivity contribution in [2.75, 3.05) is 0 Å². The molecule has 0 atom stereocenters. The molecule has 0 unspecified atom stereocenters. The molecule has 4 heteroatoms. The van der Waals surface area contributed by atoms with Gasteiger partial charge in [-0.25, -0.2) is 0 Å². The fraction of sp³-hybridized carbons (Fsp3) is 0. The number of hydrogen-bond donors (Lipinski definition) is 0. The Labute approximate surface area is 309 Å². The molecule has 0 aliphatic carbocycles. The second-order valence-electron chi connectivity index (χ2n) is 14.1. The van der Waals surface area contributed by atoms with Gasteiger partial charge in [-0.15, -0.1) is 0 Å². The van der Waals surface area contributed by atoms with Crippen molar-refractivity contribution in [3.8, 4) is 33.6 Å². The van der Waals surface area contributed by atoms with Crippen molar-refractivity contribution in [2.24, 2.45) is 0 Å². The molecule has 0 aliphatic rings. The van der Waals surface area contributed by atoms with Crippen LogP contribution in [0.25, 0.3) is 110 Å². The topological polar surface area (TPSA) is 36.1 Å². The Hall–Kier alpha value is -7.30. The first-order valence-corrected chi connectivity index (χ1v) is 18.3. The minimum atomic E-state index is 0.521. The summed E-state index contributed by atoms with van der Waals surface area (Å²) in [7, 11) is 0. The molecular weight excluding hydrogens is 661 g/mol. The van der Waals surface area contributed by atoms with Gasteiger partial charge in [0.15, 0.2) is 0 Å². The zero-order valence-electron chi connectivity index (χ0n) is 29.0. The number of aromatic nitrogens is 2. The van der Waals surface area contributed by atoms with Gasteiger partial charge in [-0.2, -0.15) is 0 Å². The highest BCUT2D eigenvalue weighted by Gasteiger charge is 2.25. The highest BCUT2D eigenvalue weighted by atomic mass is 16.5. The van der Waals surface area contributed by atoms with Crippen LogP contribution in [0.4, 0.5) is 0 Å². The van der Waals surface area contributed by atoms with Gasteiger partial charge in [0.25, 0.3) is 5.78 Å². The van der Waals surface area contributed by atoms with Crippen molar-refractivity contribution >= 4 is 76.7 Å². The maximum atomic E-state index is 6.85. The van der Waals surface area contributed by atoms with E-state index in [1.807, 2.05) is 0 Å². The number of rotatable bonds is 4. The molecule has 12 rings (SSSR count). The molecule has 0 saturated heterocycles. The maximum absolute atomic E-state index is 6.85. The predicted octanol–water partition coefficient (Wildman–Crippen LogP) is 13.9. The van der Waals surface area contributed by atoms with Crippen molar-refractivity contribution < 1.29 is 8.83 Å². The van der Waals surface area contributed by atoms with Crippen LogP contribution in [0, 0.1) is 0 Å². The molecular formula is C50H30N2O2. The molecule has 54 heavy (non-hydrogen) atoms. The van der Waals surface area contributed by atoms with Crippen molar-refractivity contribution in [2.45, 2.75) is 0 Å². The Morgan fingerprint density at radius 3 is 1.02 bits per heavy atom. The van der Waals surface area contributed by atoms with Crippen LogP contribution in [0.15, 0.2) is 191 Å². The van der Waals surface area contributed by atoms with E-state index in [1.165, 1.54) is 21.5 Å². The molecule has 0 radical (unpaired) electrons. The fourth-order valence-electron chi connectivity index (χ4n) is 8.82. The van der Waals surface area contributed by atoms with E-state index in [1.54, 1.807) is 0 Å². The van der Waals surface area contributed by atoms with Gasteiger partial charge in [-0.3, -0.25) is 0 Å². The van der Waals surface area contributed by atoms with E-state index < -0.39 is 0 Å². The van der Waals surface area contributed by atoms with Gasteiger partial charge >= 0.3 is 0 Å². The van der Waals surface area contributed by atoms with Crippen molar-refractivity contribution in [3.05, 3.63) is 182 Å². The van der Waals surface area contributed by atoms with E-state index in [2.05, 4.69) is 191 Å². The van der Waals surface area contributed by atoms with E-state index in [-0.39, 0.29) is 0 Å². The van der Waals surface area contributed by atoms with E-state index in [9.17, 15) is 0 Å². The number of hydrogen-bond acceptors (Lipinski definition) is 2. The first-order valence-electron chi connectivity index (χ1n) is 18.3. The number of fused-ring (bicyclic) bond motifs is 11. The molecule has 0 saturated carbocycles. The smallest absolute Gasteiger partial charge is 0.299 e.